The molecule has 0 aromatic heterocycles. The summed E-state index contributed by atoms with van der Waals surface area (Å²) in [5, 5.41) is 13.2. The zero-order chi connectivity index (χ0) is 17.5. The fourth-order valence-electron chi connectivity index (χ4n) is 2.83. The van der Waals surface area contributed by atoms with Gasteiger partial charge < -0.3 is 19.4 Å². The number of oxime groups is 1. The molecule has 0 saturated heterocycles. The van der Waals surface area contributed by atoms with E-state index in [2.05, 4.69) is 11.2 Å². The standard InChI is InChI=1S/C18H23NO5/c1-12-4-5-14(13-6-8-15(9-7-13)19-23-3)10-16(12)24-17(11-22-2)18(20)21/h4-5,10-11,13H,6-9H2,1-3H3,(H,20,21)/b17-11-,19-15?. The monoisotopic (exact) mass is 333 g/mol. The van der Waals surface area contributed by atoms with E-state index in [0.29, 0.717) is 11.7 Å². The Labute approximate surface area is 141 Å². The molecular formula is C18H23NO5. The minimum absolute atomic E-state index is 0.240. The van der Waals surface area contributed by atoms with Crippen LogP contribution < -0.4 is 4.74 Å². The number of nitrogens with zero attached hydrogens (tertiary/aromatic N) is 1. The summed E-state index contributed by atoms with van der Waals surface area (Å²) >= 11 is 0. The predicted molar refractivity (Wildman–Crippen MR) is 90.2 cm³/mol. The van der Waals surface area contributed by atoms with Gasteiger partial charge in [0.2, 0.25) is 5.76 Å². The van der Waals surface area contributed by atoms with Crippen molar-refractivity contribution in [2.75, 3.05) is 14.2 Å². The van der Waals surface area contributed by atoms with Crippen LogP contribution in [0.2, 0.25) is 0 Å². The molecule has 6 heteroatoms. The number of hydrogen-bond donors (Lipinski definition) is 1. The highest BCUT2D eigenvalue weighted by Gasteiger charge is 2.21. The zero-order valence-corrected chi connectivity index (χ0v) is 14.2. The van der Waals surface area contributed by atoms with Crippen LogP contribution in [-0.4, -0.2) is 31.0 Å². The summed E-state index contributed by atoms with van der Waals surface area (Å²) in [6, 6.07) is 5.95. The van der Waals surface area contributed by atoms with Gasteiger partial charge in [0.1, 0.15) is 19.1 Å². The second-order valence-electron chi connectivity index (χ2n) is 5.76. The van der Waals surface area contributed by atoms with E-state index < -0.39 is 5.97 Å². The Bertz CT molecular complexity index is 641. The number of aliphatic carboxylic acids is 1. The van der Waals surface area contributed by atoms with Crippen molar-refractivity contribution in [1.29, 1.82) is 0 Å². The first-order valence-corrected chi connectivity index (χ1v) is 7.88. The lowest BCUT2D eigenvalue weighted by Gasteiger charge is -2.23. The van der Waals surface area contributed by atoms with Gasteiger partial charge in [-0.3, -0.25) is 0 Å². The SMILES string of the molecule is CO/C=C(\Oc1cc(C2CCC(=NOC)CC2)ccc1C)C(=O)O. The Morgan fingerprint density at radius 3 is 2.58 bits per heavy atom. The lowest BCUT2D eigenvalue weighted by Crippen LogP contribution is -2.14. The number of carboxylic acid groups (broad SMARTS) is 1. The van der Waals surface area contributed by atoms with Crippen molar-refractivity contribution in [2.45, 2.75) is 38.5 Å². The van der Waals surface area contributed by atoms with Crippen LogP contribution in [0.15, 0.2) is 35.4 Å². The van der Waals surface area contributed by atoms with Crippen molar-refractivity contribution in [3.63, 3.8) is 0 Å². The van der Waals surface area contributed by atoms with E-state index in [4.69, 9.17) is 19.4 Å². The highest BCUT2D eigenvalue weighted by atomic mass is 16.6. The Morgan fingerprint density at radius 2 is 2.00 bits per heavy atom. The zero-order valence-electron chi connectivity index (χ0n) is 14.2. The number of ether oxygens (including phenoxy) is 2. The lowest BCUT2D eigenvalue weighted by atomic mass is 9.83. The molecule has 0 amide bonds. The average molecular weight is 333 g/mol. The number of methoxy groups -OCH3 is 1. The van der Waals surface area contributed by atoms with Crippen LogP contribution in [0.25, 0.3) is 0 Å². The summed E-state index contributed by atoms with van der Waals surface area (Å²) < 4.78 is 10.3. The quantitative estimate of drug-likeness (QED) is 0.489. The van der Waals surface area contributed by atoms with E-state index in [0.717, 1.165) is 48.8 Å². The minimum Gasteiger partial charge on any atom is -0.500 e. The Balaban J connectivity index is 2.15. The molecule has 1 aliphatic carbocycles. The molecule has 1 aliphatic rings. The summed E-state index contributed by atoms with van der Waals surface area (Å²) in [5.41, 5.74) is 3.11. The summed E-state index contributed by atoms with van der Waals surface area (Å²) in [5.74, 6) is -0.464. The van der Waals surface area contributed by atoms with Crippen molar-refractivity contribution in [2.24, 2.45) is 5.16 Å². The van der Waals surface area contributed by atoms with Crippen molar-refractivity contribution >= 4 is 11.7 Å². The van der Waals surface area contributed by atoms with Gasteiger partial charge in [-0.05, 0) is 55.7 Å². The summed E-state index contributed by atoms with van der Waals surface area (Å²) in [7, 11) is 2.95. The van der Waals surface area contributed by atoms with Crippen LogP contribution in [-0.2, 0) is 14.4 Å². The van der Waals surface area contributed by atoms with Gasteiger partial charge >= 0.3 is 5.97 Å². The summed E-state index contributed by atoms with van der Waals surface area (Å²) in [4.78, 5) is 16.0. The molecule has 0 radical (unpaired) electrons. The second-order valence-corrected chi connectivity index (χ2v) is 5.76. The molecule has 0 heterocycles. The maximum atomic E-state index is 11.2. The van der Waals surface area contributed by atoms with Crippen LogP contribution in [0, 0.1) is 6.92 Å². The van der Waals surface area contributed by atoms with Gasteiger partial charge in [-0.1, -0.05) is 17.3 Å². The molecule has 0 atom stereocenters. The first-order valence-electron chi connectivity index (χ1n) is 7.88. The van der Waals surface area contributed by atoms with Crippen LogP contribution in [0.5, 0.6) is 5.75 Å². The van der Waals surface area contributed by atoms with Crippen LogP contribution in [0.1, 0.15) is 42.7 Å². The number of carboxylic acids is 1. The second kappa shape index (κ2) is 8.38. The predicted octanol–water partition coefficient (Wildman–Crippen LogP) is 3.61. The van der Waals surface area contributed by atoms with Crippen molar-refractivity contribution in [1.82, 2.24) is 0 Å². The van der Waals surface area contributed by atoms with Crippen LogP contribution in [0.3, 0.4) is 0 Å². The van der Waals surface area contributed by atoms with E-state index in [1.807, 2.05) is 19.1 Å². The Morgan fingerprint density at radius 1 is 1.29 bits per heavy atom. The van der Waals surface area contributed by atoms with Gasteiger partial charge in [0.25, 0.3) is 0 Å². The Kier molecular flexibility index (Phi) is 6.23. The molecule has 1 aromatic rings. The van der Waals surface area contributed by atoms with Crippen molar-refractivity contribution < 1.29 is 24.2 Å². The van der Waals surface area contributed by atoms with Gasteiger partial charge in [-0.25, -0.2) is 4.79 Å². The minimum atomic E-state index is -1.17. The average Bonchev–Trinajstić information content (AvgIpc) is 2.57. The number of benzene rings is 1. The van der Waals surface area contributed by atoms with Crippen molar-refractivity contribution in [3.8, 4) is 5.75 Å². The summed E-state index contributed by atoms with van der Waals surface area (Å²) in [6.45, 7) is 1.88. The molecule has 1 N–H and O–H groups in total. The van der Waals surface area contributed by atoms with Crippen LogP contribution in [0.4, 0.5) is 0 Å². The molecule has 1 saturated carbocycles. The van der Waals surface area contributed by atoms with E-state index in [1.54, 1.807) is 7.11 Å². The first kappa shape index (κ1) is 17.8. The molecule has 0 spiro atoms. The van der Waals surface area contributed by atoms with Gasteiger partial charge in [-0.2, -0.15) is 0 Å². The molecule has 1 aromatic carbocycles. The molecule has 0 unspecified atom stereocenters. The fourth-order valence-corrected chi connectivity index (χ4v) is 2.83. The highest BCUT2D eigenvalue weighted by Crippen LogP contribution is 2.34. The normalized spacial score (nSPS) is 18.0. The number of rotatable bonds is 6. The fraction of sp³-hybridized carbons (Fsp3) is 0.444. The molecule has 2 rings (SSSR count). The van der Waals surface area contributed by atoms with Crippen molar-refractivity contribution in [3.05, 3.63) is 41.3 Å². The largest absolute Gasteiger partial charge is 0.500 e. The molecule has 24 heavy (non-hydrogen) atoms. The maximum absolute atomic E-state index is 11.2. The third kappa shape index (κ3) is 4.50. The maximum Gasteiger partial charge on any atom is 0.375 e. The summed E-state index contributed by atoms with van der Waals surface area (Å²) in [6.07, 6.45) is 4.89. The van der Waals surface area contributed by atoms with Crippen LogP contribution >= 0.6 is 0 Å². The van der Waals surface area contributed by atoms with Gasteiger partial charge in [0, 0.05) is 0 Å². The smallest absolute Gasteiger partial charge is 0.375 e. The van der Waals surface area contributed by atoms with E-state index in [-0.39, 0.29) is 5.76 Å². The van der Waals surface area contributed by atoms with Gasteiger partial charge in [-0.15, -0.1) is 0 Å². The van der Waals surface area contributed by atoms with Gasteiger partial charge in [0.15, 0.2) is 0 Å². The first-order chi connectivity index (χ1) is 11.5. The molecule has 6 nitrogen and oxygen atoms in total. The highest BCUT2D eigenvalue weighted by molar-refractivity contribution is 5.85. The molecule has 1 fully saturated rings. The number of aryl methyl sites for hydroxylation is 1. The lowest BCUT2D eigenvalue weighted by molar-refractivity contribution is -0.135. The molecule has 0 bridgehead atoms. The van der Waals surface area contributed by atoms with E-state index in [1.165, 1.54) is 7.11 Å². The Hall–Kier alpha value is -2.50. The number of carbonyl (C=O) groups is 1. The molecule has 0 aliphatic heterocycles. The topological polar surface area (TPSA) is 77.3 Å². The third-order valence-electron chi connectivity index (χ3n) is 4.12. The molecule has 130 valence electrons. The van der Waals surface area contributed by atoms with E-state index in [9.17, 15) is 4.79 Å². The number of hydrogen-bond acceptors (Lipinski definition) is 5. The third-order valence-corrected chi connectivity index (χ3v) is 4.12. The van der Waals surface area contributed by atoms with Gasteiger partial charge in [0.05, 0.1) is 12.8 Å². The van der Waals surface area contributed by atoms with E-state index >= 15 is 0 Å². The molecular weight excluding hydrogens is 310 g/mol.